The van der Waals surface area contributed by atoms with Crippen molar-refractivity contribution >= 4 is 11.6 Å². The van der Waals surface area contributed by atoms with Gasteiger partial charge in [-0.05, 0) is 26.0 Å². The summed E-state index contributed by atoms with van der Waals surface area (Å²) in [4.78, 5) is 17.7. The largest absolute Gasteiger partial charge is 0.353 e. The van der Waals surface area contributed by atoms with Gasteiger partial charge in [-0.2, -0.15) is 5.26 Å². The number of aryl methyl sites for hydroxylation is 2. The highest BCUT2D eigenvalue weighted by atomic mass is 15.3. The third-order valence-corrected chi connectivity index (χ3v) is 3.75. The molecule has 0 N–H and O–H groups in total. The Bertz CT molecular complexity index is 693. The van der Waals surface area contributed by atoms with E-state index in [4.69, 9.17) is 5.26 Å². The molecule has 1 aliphatic rings. The first kappa shape index (κ1) is 14.3. The van der Waals surface area contributed by atoms with Crippen molar-refractivity contribution in [2.75, 3.05) is 36.0 Å². The summed E-state index contributed by atoms with van der Waals surface area (Å²) in [6.45, 7) is 7.41. The van der Waals surface area contributed by atoms with Crippen molar-refractivity contribution in [1.82, 2.24) is 15.0 Å². The minimum Gasteiger partial charge on any atom is -0.353 e. The first-order valence-corrected chi connectivity index (χ1v) is 7.34. The van der Waals surface area contributed by atoms with Gasteiger partial charge in [0, 0.05) is 44.1 Å². The quantitative estimate of drug-likeness (QED) is 0.839. The van der Waals surface area contributed by atoms with Crippen molar-refractivity contribution < 1.29 is 0 Å². The van der Waals surface area contributed by atoms with Crippen molar-refractivity contribution in [3.63, 3.8) is 0 Å². The first-order chi connectivity index (χ1) is 10.7. The maximum Gasteiger partial charge on any atom is 0.132 e. The summed E-state index contributed by atoms with van der Waals surface area (Å²) < 4.78 is 0. The molecule has 112 valence electrons. The van der Waals surface area contributed by atoms with Crippen LogP contribution in [0.3, 0.4) is 0 Å². The Morgan fingerprint density at radius 2 is 1.68 bits per heavy atom. The average Bonchev–Trinajstić information content (AvgIpc) is 2.54. The number of pyridine rings is 1. The fourth-order valence-electron chi connectivity index (χ4n) is 2.68. The van der Waals surface area contributed by atoms with Gasteiger partial charge in [-0.25, -0.2) is 15.0 Å². The van der Waals surface area contributed by atoms with Crippen molar-refractivity contribution in [2.24, 2.45) is 0 Å². The highest BCUT2D eigenvalue weighted by Gasteiger charge is 2.19. The van der Waals surface area contributed by atoms with Crippen LogP contribution < -0.4 is 9.80 Å². The van der Waals surface area contributed by atoms with Crippen LogP contribution in [-0.2, 0) is 0 Å². The summed E-state index contributed by atoms with van der Waals surface area (Å²) in [6.07, 6.45) is 1.69. The molecule has 3 heterocycles. The molecule has 0 atom stereocenters. The van der Waals surface area contributed by atoms with Crippen molar-refractivity contribution in [2.45, 2.75) is 13.8 Å². The van der Waals surface area contributed by atoms with Crippen LogP contribution in [0.5, 0.6) is 0 Å². The summed E-state index contributed by atoms with van der Waals surface area (Å²) in [6, 6.07) is 7.75. The van der Waals surface area contributed by atoms with Gasteiger partial charge in [0.05, 0.1) is 11.6 Å². The van der Waals surface area contributed by atoms with Gasteiger partial charge in [-0.15, -0.1) is 0 Å². The fourth-order valence-corrected chi connectivity index (χ4v) is 2.68. The molecule has 0 saturated carbocycles. The Balaban J connectivity index is 1.71. The van der Waals surface area contributed by atoms with E-state index >= 15 is 0 Å². The lowest BCUT2D eigenvalue weighted by atomic mass is 10.2. The second kappa shape index (κ2) is 5.98. The molecular weight excluding hydrogens is 276 g/mol. The molecule has 22 heavy (non-hydrogen) atoms. The predicted molar refractivity (Wildman–Crippen MR) is 84.9 cm³/mol. The number of hydrogen-bond acceptors (Lipinski definition) is 6. The zero-order valence-corrected chi connectivity index (χ0v) is 12.8. The number of rotatable bonds is 2. The molecule has 2 aromatic heterocycles. The third-order valence-electron chi connectivity index (χ3n) is 3.75. The van der Waals surface area contributed by atoms with Gasteiger partial charge in [-0.3, -0.25) is 0 Å². The van der Waals surface area contributed by atoms with Crippen LogP contribution in [0, 0.1) is 25.2 Å². The Morgan fingerprint density at radius 3 is 2.32 bits per heavy atom. The highest BCUT2D eigenvalue weighted by molar-refractivity contribution is 5.48. The zero-order chi connectivity index (χ0) is 15.5. The van der Waals surface area contributed by atoms with Crippen molar-refractivity contribution in [1.29, 1.82) is 5.26 Å². The van der Waals surface area contributed by atoms with Crippen LogP contribution in [-0.4, -0.2) is 41.1 Å². The lowest BCUT2D eigenvalue weighted by Crippen LogP contribution is -2.47. The number of hydrogen-bond donors (Lipinski definition) is 0. The molecule has 1 aliphatic heterocycles. The molecule has 1 saturated heterocycles. The standard InChI is InChI=1S/C16H18N6/c1-12-9-16(20-13(2)19-12)22-7-5-21(6-8-22)15-10-14(11-17)3-4-18-15/h3-4,9-10H,5-8H2,1-2H3. The zero-order valence-electron chi connectivity index (χ0n) is 12.8. The molecule has 0 radical (unpaired) electrons. The SMILES string of the molecule is Cc1cc(N2CCN(c3cc(C#N)ccn3)CC2)nc(C)n1. The Labute approximate surface area is 130 Å². The molecule has 1 fully saturated rings. The monoisotopic (exact) mass is 294 g/mol. The van der Waals surface area contributed by atoms with Crippen LogP contribution >= 0.6 is 0 Å². The molecule has 0 spiro atoms. The molecule has 0 aliphatic carbocycles. The van der Waals surface area contributed by atoms with Crippen LogP contribution in [0.4, 0.5) is 11.6 Å². The molecular formula is C16H18N6. The summed E-state index contributed by atoms with van der Waals surface area (Å²) in [5.74, 6) is 2.66. The number of piperazine rings is 1. The predicted octanol–water partition coefficient (Wildman–Crippen LogP) is 1.69. The normalized spacial score (nSPS) is 14.8. The van der Waals surface area contributed by atoms with Crippen LogP contribution in [0.2, 0.25) is 0 Å². The van der Waals surface area contributed by atoms with Gasteiger partial charge in [0.2, 0.25) is 0 Å². The first-order valence-electron chi connectivity index (χ1n) is 7.34. The van der Waals surface area contributed by atoms with E-state index in [1.54, 1.807) is 12.3 Å². The van der Waals surface area contributed by atoms with E-state index in [-0.39, 0.29) is 0 Å². The van der Waals surface area contributed by atoms with Gasteiger partial charge in [0.1, 0.15) is 17.5 Å². The molecule has 0 aromatic carbocycles. The summed E-state index contributed by atoms with van der Waals surface area (Å²) >= 11 is 0. The lowest BCUT2D eigenvalue weighted by molar-refractivity contribution is 0.639. The van der Waals surface area contributed by atoms with E-state index in [1.165, 1.54) is 0 Å². The third kappa shape index (κ3) is 2.98. The van der Waals surface area contributed by atoms with Crippen molar-refractivity contribution in [3.05, 3.63) is 41.5 Å². The van der Waals surface area contributed by atoms with Gasteiger partial charge >= 0.3 is 0 Å². The van der Waals surface area contributed by atoms with Crippen molar-refractivity contribution in [3.8, 4) is 6.07 Å². The number of nitrogens with zero attached hydrogens (tertiary/aromatic N) is 6. The topological polar surface area (TPSA) is 68.9 Å². The fraction of sp³-hybridized carbons (Fsp3) is 0.375. The van der Waals surface area contributed by atoms with Gasteiger partial charge < -0.3 is 9.80 Å². The van der Waals surface area contributed by atoms with Gasteiger partial charge in [-0.1, -0.05) is 0 Å². The summed E-state index contributed by atoms with van der Waals surface area (Å²) in [5.41, 5.74) is 1.64. The van der Waals surface area contributed by atoms with E-state index < -0.39 is 0 Å². The van der Waals surface area contributed by atoms with E-state index in [9.17, 15) is 0 Å². The minimum absolute atomic E-state index is 0.648. The number of anilines is 2. The summed E-state index contributed by atoms with van der Waals surface area (Å²) in [7, 11) is 0. The molecule has 0 amide bonds. The van der Waals surface area contributed by atoms with Crippen LogP contribution in [0.1, 0.15) is 17.1 Å². The van der Waals surface area contributed by atoms with E-state index in [2.05, 4.69) is 30.8 Å². The van der Waals surface area contributed by atoms with E-state index in [0.29, 0.717) is 5.56 Å². The van der Waals surface area contributed by atoms with Gasteiger partial charge in [0.25, 0.3) is 0 Å². The number of aromatic nitrogens is 3. The maximum absolute atomic E-state index is 8.98. The highest BCUT2D eigenvalue weighted by Crippen LogP contribution is 2.18. The molecule has 0 bridgehead atoms. The Kier molecular flexibility index (Phi) is 3.88. The lowest BCUT2D eigenvalue weighted by Gasteiger charge is -2.36. The average molecular weight is 294 g/mol. The second-order valence-corrected chi connectivity index (χ2v) is 5.40. The smallest absolute Gasteiger partial charge is 0.132 e. The maximum atomic E-state index is 8.98. The van der Waals surface area contributed by atoms with E-state index in [1.807, 2.05) is 26.0 Å². The Hall–Kier alpha value is -2.68. The van der Waals surface area contributed by atoms with Crippen LogP contribution in [0.25, 0.3) is 0 Å². The molecule has 6 nitrogen and oxygen atoms in total. The summed E-state index contributed by atoms with van der Waals surface area (Å²) in [5, 5.41) is 8.98. The second-order valence-electron chi connectivity index (χ2n) is 5.40. The minimum atomic E-state index is 0.648. The molecule has 3 rings (SSSR count). The molecule has 6 heteroatoms. The van der Waals surface area contributed by atoms with E-state index in [0.717, 1.165) is 49.3 Å². The number of nitriles is 1. The van der Waals surface area contributed by atoms with Crippen LogP contribution in [0.15, 0.2) is 24.4 Å². The molecule has 2 aromatic rings. The van der Waals surface area contributed by atoms with Gasteiger partial charge in [0.15, 0.2) is 0 Å². The molecule has 0 unspecified atom stereocenters. The Morgan fingerprint density at radius 1 is 1.00 bits per heavy atom.